The third-order valence-electron chi connectivity index (χ3n) is 4.19. The van der Waals surface area contributed by atoms with Gasteiger partial charge in [0.05, 0.1) is 30.2 Å². The highest BCUT2D eigenvalue weighted by Crippen LogP contribution is 2.20. The number of nitrogens with one attached hydrogen (secondary N) is 2. The molecule has 1 aliphatic rings. The van der Waals surface area contributed by atoms with E-state index in [4.69, 9.17) is 4.74 Å². The van der Waals surface area contributed by atoms with Crippen LogP contribution in [0.5, 0.6) is 0 Å². The molecule has 0 radical (unpaired) electrons. The molecule has 1 amide bonds. The van der Waals surface area contributed by atoms with Crippen molar-refractivity contribution in [2.24, 2.45) is 7.05 Å². The maximum atomic E-state index is 12.4. The summed E-state index contributed by atoms with van der Waals surface area (Å²) in [5.74, 6) is 1.34. The summed E-state index contributed by atoms with van der Waals surface area (Å²) in [5, 5.41) is 14.2. The molecular weight excluding hydrogens is 310 g/mol. The zero-order valence-electron chi connectivity index (χ0n) is 14.5. The number of ether oxygens (including phenoxy) is 1. The molecule has 9 nitrogen and oxygen atoms in total. The lowest BCUT2D eigenvalue weighted by Crippen LogP contribution is -2.42. The second kappa shape index (κ2) is 6.70. The van der Waals surface area contributed by atoms with Crippen molar-refractivity contribution in [3.05, 3.63) is 23.0 Å². The molecule has 3 heterocycles. The Labute approximate surface area is 140 Å². The lowest BCUT2D eigenvalue weighted by atomic mass is 10.2. The van der Waals surface area contributed by atoms with E-state index in [-0.39, 0.29) is 12.0 Å². The van der Waals surface area contributed by atoms with Crippen molar-refractivity contribution in [2.75, 3.05) is 31.6 Å². The van der Waals surface area contributed by atoms with Crippen LogP contribution in [0.25, 0.3) is 0 Å². The predicted octanol–water partition coefficient (Wildman–Crippen LogP) is 0.475. The van der Waals surface area contributed by atoms with Crippen molar-refractivity contribution >= 4 is 11.6 Å². The lowest BCUT2D eigenvalue weighted by Gasteiger charge is -2.30. The molecule has 3 rings (SSSR count). The molecule has 2 aromatic rings. The Balaban J connectivity index is 1.60. The summed E-state index contributed by atoms with van der Waals surface area (Å²) < 4.78 is 7.48. The van der Waals surface area contributed by atoms with E-state index in [0.29, 0.717) is 32.1 Å². The molecule has 0 aromatic carbocycles. The van der Waals surface area contributed by atoms with Crippen molar-refractivity contribution < 1.29 is 9.53 Å². The number of carbonyl (C=O) groups excluding carboxylic acids is 1. The number of hydrogen-bond acceptors (Lipinski definition) is 6. The Morgan fingerprint density at radius 3 is 2.83 bits per heavy atom. The molecule has 130 valence electrons. The topological polar surface area (TPSA) is 101 Å². The molecule has 2 aromatic heterocycles. The van der Waals surface area contributed by atoms with Crippen LogP contribution in [-0.4, -0.2) is 62.0 Å². The monoisotopic (exact) mass is 333 g/mol. The van der Waals surface area contributed by atoms with E-state index in [9.17, 15) is 4.79 Å². The number of amides is 1. The minimum absolute atomic E-state index is 0.0546. The minimum atomic E-state index is -0.210. The number of morpholine rings is 1. The Morgan fingerprint density at radius 2 is 2.21 bits per heavy atom. The van der Waals surface area contributed by atoms with E-state index in [1.165, 1.54) is 0 Å². The largest absolute Gasteiger partial charge is 0.367 e. The highest BCUT2D eigenvalue weighted by Gasteiger charge is 2.26. The van der Waals surface area contributed by atoms with Crippen LogP contribution in [0.3, 0.4) is 0 Å². The summed E-state index contributed by atoms with van der Waals surface area (Å²) in [4.78, 5) is 18.7. The van der Waals surface area contributed by atoms with Crippen LogP contribution in [0.2, 0.25) is 0 Å². The van der Waals surface area contributed by atoms with Gasteiger partial charge in [-0.25, -0.2) is 4.98 Å². The number of anilines is 1. The van der Waals surface area contributed by atoms with E-state index in [1.807, 2.05) is 27.8 Å². The molecule has 1 fully saturated rings. The quantitative estimate of drug-likeness (QED) is 0.844. The summed E-state index contributed by atoms with van der Waals surface area (Å²) >= 11 is 0. The number of carbonyl (C=O) groups is 1. The normalized spacial score (nSPS) is 18.8. The van der Waals surface area contributed by atoms with Crippen molar-refractivity contribution in [3.63, 3.8) is 0 Å². The third kappa shape index (κ3) is 3.46. The number of aromatic amines is 1. The van der Waals surface area contributed by atoms with Gasteiger partial charge in [0.15, 0.2) is 5.82 Å². The Morgan fingerprint density at radius 1 is 1.42 bits per heavy atom. The van der Waals surface area contributed by atoms with Crippen molar-refractivity contribution in [1.29, 1.82) is 0 Å². The number of rotatable bonds is 4. The number of aryl methyl sites for hydroxylation is 3. The smallest absolute Gasteiger partial charge is 0.238 e. The first-order valence-corrected chi connectivity index (χ1v) is 7.97. The highest BCUT2D eigenvalue weighted by molar-refractivity contribution is 5.93. The molecule has 0 bridgehead atoms. The lowest BCUT2D eigenvalue weighted by molar-refractivity contribution is -0.119. The van der Waals surface area contributed by atoms with Crippen LogP contribution in [0.1, 0.15) is 29.1 Å². The summed E-state index contributed by atoms with van der Waals surface area (Å²) in [6.07, 6.45) is -0.210. The van der Waals surface area contributed by atoms with Gasteiger partial charge < -0.3 is 10.1 Å². The van der Waals surface area contributed by atoms with Crippen LogP contribution in [-0.2, 0) is 16.6 Å². The van der Waals surface area contributed by atoms with E-state index in [1.54, 1.807) is 4.68 Å². The maximum absolute atomic E-state index is 12.4. The highest BCUT2D eigenvalue weighted by atomic mass is 16.5. The van der Waals surface area contributed by atoms with Gasteiger partial charge in [0.25, 0.3) is 0 Å². The SMILES string of the molecule is Cc1nc(C2CN(CC(=O)Nc3c(C)nn(C)c3C)CCO2)n[nH]1. The standard InChI is InChI=1S/C15H23N7O2/c1-9-14(10(2)21(4)20-9)17-13(23)8-22-5-6-24-12(7-22)15-16-11(3)18-19-15/h12H,5-8H2,1-4H3,(H,17,23)(H,16,18,19). The zero-order chi connectivity index (χ0) is 17.3. The molecule has 1 unspecified atom stereocenters. The Hall–Kier alpha value is -2.26. The van der Waals surface area contributed by atoms with Crippen LogP contribution < -0.4 is 5.32 Å². The third-order valence-corrected chi connectivity index (χ3v) is 4.19. The van der Waals surface area contributed by atoms with Gasteiger partial charge in [-0.1, -0.05) is 0 Å². The van der Waals surface area contributed by atoms with E-state index < -0.39 is 0 Å². The molecular formula is C15H23N7O2. The summed E-state index contributed by atoms with van der Waals surface area (Å²) in [5.41, 5.74) is 2.55. The molecule has 1 saturated heterocycles. The minimum Gasteiger partial charge on any atom is -0.367 e. The van der Waals surface area contributed by atoms with E-state index in [0.717, 1.165) is 22.9 Å². The average Bonchev–Trinajstić information content (AvgIpc) is 3.07. The van der Waals surface area contributed by atoms with Gasteiger partial charge in [-0.15, -0.1) is 0 Å². The molecule has 0 saturated carbocycles. The fourth-order valence-electron chi connectivity index (χ4n) is 2.84. The molecule has 0 aliphatic carbocycles. The maximum Gasteiger partial charge on any atom is 0.238 e. The van der Waals surface area contributed by atoms with Gasteiger partial charge in [-0.3, -0.25) is 19.5 Å². The first kappa shape index (κ1) is 16.6. The van der Waals surface area contributed by atoms with Gasteiger partial charge in [-0.2, -0.15) is 10.2 Å². The summed E-state index contributed by atoms with van der Waals surface area (Å²) in [6, 6.07) is 0. The Kier molecular flexibility index (Phi) is 4.63. The van der Waals surface area contributed by atoms with Crippen LogP contribution in [0.15, 0.2) is 0 Å². The number of nitrogens with zero attached hydrogens (tertiary/aromatic N) is 5. The van der Waals surface area contributed by atoms with Gasteiger partial charge in [0.1, 0.15) is 11.9 Å². The van der Waals surface area contributed by atoms with E-state index in [2.05, 4.69) is 30.5 Å². The van der Waals surface area contributed by atoms with E-state index >= 15 is 0 Å². The second-order valence-electron chi connectivity index (χ2n) is 6.09. The number of aromatic nitrogens is 5. The molecule has 0 spiro atoms. The van der Waals surface area contributed by atoms with Crippen LogP contribution >= 0.6 is 0 Å². The zero-order valence-corrected chi connectivity index (χ0v) is 14.5. The number of hydrogen-bond donors (Lipinski definition) is 2. The number of H-pyrrole nitrogens is 1. The van der Waals surface area contributed by atoms with Gasteiger partial charge in [0.2, 0.25) is 5.91 Å². The van der Waals surface area contributed by atoms with Gasteiger partial charge in [-0.05, 0) is 20.8 Å². The first-order chi connectivity index (χ1) is 11.4. The van der Waals surface area contributed by atoms with Gasteiger partial charge >= 0.3 is 0 Å². The molecule has 2 N–H and O–H groups in total. The molecule has 1 atom stereocenters. The van der Waals surface area contributed by atoms with Crippen molar-refractivity contribution in [3.8, 4) is 0 Å². The fraction of sp³-hybridized carbons (Fsp3) is 0.600. The molecule has 9 heteroatoms. The first-order valence-electron chi connectivity index (χ1n) is 7.97. The second-order valence-corrected chi connectivity index (χ2v) is 6.09. The van der Waals surface area contributed by atoms with Crippen molar-refractivity contribution in [1.82, 2.24) is 29.9 Å². The van der Waals surface area contributed by atoms with Gasteiger partial charge in [0, 0.05) is 20.1 Å². The van der Waals surface area contributed by atoms with Crippen molar-refractivity contribution in [2.45, 2.75) is 26.9 Å². The molecule has 1 aliphatic heterocycles. The fourth-order valence-corrected chi connectivity index (χ4v) is 2.84. The Bertz CT molecular complexity index is 736. The predicted molar refractivity (Wildman–Crippen MR) is 87.6 cm³/mol. The molecule has 24 heavy (non-hydrogen) atoms. The summed E-state index contributed by atoms with van der Waals surface area (Å²) in [7, 11) is 1.86. The summed E-state index contributed by atoms with van der Waals surface area (Å²) in [6.45, 7) is 7.83. The average molecular weight is 333 g/mol. The van der Waals surface area contributed by atoms with Crippen LogP contribution in [0.4, 0.5) is 5.69 Å². The van der Waals surface area contributed by atoms with Crippen LogP contribution in [0, 0.1) is 20.8 Å².